The van der Waals surface area contributed by atoms with E-state index in [1.165, 1.54) is 10.9 Å². The number of hydrogen-bond acceptors (Lipinski definition) is 5. The minimum atomic E-state index is -0.378. The van der Waals surface area contributed by atoms with Gasteiger partial charge in [0.05, 0.1) is 11.9 Å². The number of aryl methyl sites for hydroxylation is 2. The highest BCUT2D eigenvalue weighted by atomic mass is 16.5. The molecule has 0 aromatic carbocycles. The van der Waals surface area contributed by atoms with Crippen LogP contribution in [-0.2, 0) is 19.9 Å². The quantitative estimate of drug-likeness (QED) is 0.862. The molecule has 134 valence electrons. The minimum absolute atomic E-state index is 0.270. The Labute approximate surface area is 145 Å². The lowest BCUT2D eigenvalue weighted by molar-refractivity contribution is 0.0945. The van der Waals surface area contributed by atoms with Gasteiger partial charge < -0.3 is 15.2 Å². The van der Waals surface area contributed by atoms with Crippen LogP contribution < -0.4 is 10.6 Å². The first-order valence-corrected chi connectivity index (χ1v) is 8.60. The van der Waals surface area contributed by atoms with E-state index in [4.69, 9.17) is 4.52 Å². The van der Waals surface area contributed by atoms with Crippen molar-refractivity contribution < 1.29 is 14.1 Å². The maximum atomic E-state index is 12.6. The highest BCUT2D eigenvalue weighted by Gasteiger charge is 2.28. The summed E-state index contributed by atoms with van der Waals surface area (Å²) in [5.41, 5.74) is 1.84. The molecule has 0 saturated carbocycles. The first kappa shape index (κ1) is 17.2. The van der Waals surface area contributed by atoms with E-state index in [0.29, 0.717) is 29.5 Å². The number of anilines is 1. The Morgan fingerprint density at radius 1 is 1.40 bits per heavy atom. The number of rotatable bonds is 5. The monoisotopic (exact) mass is 345 g/mol. The molecule has 0 bridgehead atoms. The lowest BCUT2D eigenvalue weighted by atomic mass is 9.88. The van der Waals surface area contributed by atoms with Crippen LogP contribution in [0.25, 0.3) is 0 Å². The molecule has 2 aromatic heterocycles. The van der Waals surface area contributed by atoms with E-state index in [1.807, 2.05) is 6.92 Å². The van der Waals surface area contributed by atoms with Gasteiger partial charge in [-0.25, -0.2) is 0 Å². The van der Waals surface area contributed by atoms with Crippen molar-refractivity contribution >= 4 is 17.5 Å². The van der Waals surface area contributed by atoms with Crippen molar-refractivity contribution in [2.75, 3.05) is 11.9 Å². The number of nitrogens with zero attached hydrogens (tertiary/aromatic N) is 3. The molecule has 1 aliphatic carbocycles. The van der Waals surface area contributed by atoms with Crippen LogP contribution in [0.4, 0.5) is 5.69 Å². The van der Waals surface area contributed by atoms with E-state index in [1.54, 1.807) is 7.05 Å². The molecule has 8 nitrogen and oxygen atoms in total. The van der Waals surface area contributed by atoms with Crippen LogP contribution in [0.5, 0.6) is 0 Å². The zero-order chi connectivity index (χ0) is 18.0. The van der Waals surface area contributed by atoms with Gasteiger partial charge >= 0.3 is 0 Å². The highest BCUT2D eigenvalue weighted by Crippen LogP contribution is 2.28. The molecule has 0 fully saturated rings. The van der Waals surface area contributed by atoms with Crippen LogP contribution in [-0.4, -0.2) is 33.3 Å². The normalized spacial score (nSPS) is 16.4. The predicted molar refractivity (Wildman–Crippen MR) is 91.5 cm³/mol. The third-order valence-corrected chi connectivity index (χ3v) is 4.44. The summed E-state index contributed by atoms with van der Waals surface area (Å²) in [5.74, 6) is 0.632. The van der Waals surface area contributed by atoms with Gasteiger partial charge in [-0.1, -0.05) is 19.0 Å². The molecular weight excluding hydrogens is 322 g/mol. The third kappa shape index (κ3) is 3.42. The molecule has 0 radical (unpaired) electrons. The molecule has 3 rings (SSSR count). The molecular formula is C17H23N5O3. The van der Waals surface area contributed by atoms with E-state index in [-0.39, 0.29) is 11.8 Å². The first-order valence-electron chi connectivity index (χ1n) is 8.60. The summed E-state index contributed by atoms with van der Waals surface area (Å²) in [6.45, 7) is 4.68. The summed E-state index contributed by atoms with van der Waals surface area (Å²) in [7, 11) is 1.66. The molecule has 0 spiro atoms. The Morgan fingerprint density at radius 2 is 2.20 bits per heavy atom. The fourth-order valence-corrected chi connectivity index (χ4v) is 3.06. The summed E-state index contributed by atoms with van der Waals surface area (Å²) < 4.78 is 6.76. The second-order valence-electron chi connectivity index (χ2n) is 6.52. The maximum Gasteiger partial charge on any atom is 0.278 e. The molecule has 0 aliphatic heterocycles. The van der Waals surface area contributed by atoms with Crippen molar-refractivity contribution in [1.29, 1.82) is 0 Å². The molecule has 1 unspecified atom stereocenters. The zero-order valence-electron chi connectivity index (χ0n) is 14.8. The SMILES string of the molecule is CCCNC(=O)c1c(NC(=O)c2noc3c2CC(C)CC3)cnn1C. The predicted octanol–water partition coefficient (Wildman–Crippen LogP) is 1.93. The molecule has 2 aromatic rings. The average molecular weight is 345 g/mol. The Kier molecular flexibility index (Phi) is 4.87. The van der Waals surface area contributed by atoms with Crippen molar-refractivity contribution in [3.8, 4) is 0 Å². The highest BCUT2D eigenvalue weighted by molar-refractivity contribution is 6.08. The van der Waals surface area contributed by atoms with Crippen molar-refractivity contribution in [2.24, 2.45) is 13.0 Å². The van der Waals surface area contributed by atoms with E-state index in [9.17, 15) is 9.59 Å². The third-order valence-electron chi connectivity index (χ3n) is 4.44. The average Bonchev–Trinajstić information content (AvgIpc) is 3.16. The summed E-state index contributed by atoms with van der Waals surface area (Å²) in [6, 6.07) is 0. The Balaban J connectivity index is 1.81. The van der Waals surface area contributed by atoms with Gasteiger partial charge in [0, 0.05) is 25.6 Å². The number of carbonyl (C=O) groups is 2. The van der Waals surface area contributed by atoms with E-state index in [0.717, 1.165) is 37.0 Å². The van der Waals surface area contributed by atoms with Crippen LogP contribution in [0.15, 0.2) is 10.7 Å². The van der Waals surface area contributed by atoms with E-state index < -0.39 is 0 Å². The zero-order valence-corrected chi connectivity index (χ0v) is 14.8. The smallest absolute Gasteiger partial charge is 0.278 e. The van der Waals surface area contributed by atoms with Gasteiger partial charge in [-0.15, -0.1) is 0 Å². The molecule has 2 N–H and O–H groups in total. The second kappa shape index (κ2) is 7.08. The number of aromatic nitrogens is 3. The molecule has 1 atom stereocenters. The van der Waals surface area contributed by atoms with Crippen molar-refractivity contribution in [3.05, 3.63) is 28.9 Å². The molecule has 2 amide bonds. The minimum Gasteiger partial charge on any atom is -0.360 e. The van der Waals surface area contributed by atoms with E-state index in [2.05, 4.69) is 27.8 Å². The topological polar surface area (TPSA) is 102 Å². The molecule has 8 heteroatoms. The fraction of sp³-hybridized carbons (Fsp3) is 0.529. The van der Waals surface area contributed by atoms with Crippen LogP contribution >= 0.6 is 0 Å². The van der Waals surface area contributed by atoms with E-state index >= 15 is 0 Å². The number of fused-ring (bicyclic) bond motifs is 1. The van der Waals surface area contributed by atoms with Gasteiger partial charge in [-0.05, 0) is 25.2 Å². The second-order valence-corrected chi connectivity index (χ2v) is 6.52. The van der Waals surface area contributed by atoms with Crippen LogP contribution in [0.3, 0.4) is 0 Å². The van der Waals surface area contributed by atoms with Crippen LogP contribution in [0, 0.1) is 5.92 Å². The van der Waals surface area contributed by atoms with Crippen molar-refractivity contribution in [3.63, 3.8) is 0 Å². The Bertz CT molecular complexity index is 792. The summed E-state index contributed by atoms with van der Waals surface area (Å²) in [6.07, 6.45) is 4.91. The van der Waals surface area contributed by atoms with Crippen LogP contribution in [0.2, 0.25) is 0 Å². The van der Waals surface area contributed by atoms with Gasteiger partial charge in [0.25, 0.3) is 11.8 Å². The molecule has 0 saturated heterocycles. The number of carbonyl (C=O) groups excluding carboxylic acids is 2. The first-order chi connectivity index (χ1) is 12.0. The largest absolute Gasteiger partial charge is 0.360 e. The Morgan fingerprint density at radius 3 is 2.96 bits per heavy atom. The molecule has 1 aliphatic rings. The summed E-state index contributed by atoms with van der Waals surface area (Å²) in [5, 5.41) is 13.6. The maximum absolute atomic E-state index is 12.6. The van der Waals surface area contributed by atoms with Crippen molar-refractivity contribution in [2.45, 2.75) is 39.5 Å². The van der Waals surface area contributed by atoms with Gasteiger partial charge in [0.1, 0.15) is 11.5 Å². The number of hydrogen-bond donors (Lipinski definition) is 2. The standard InChI is InChI=1S/C17H23N5O3/c1-4-7-18-17(24)15-12(9-19-22(15)3)20-16(23)14-11-8-10(2)5-6-13(11)25-21-14/h9-10H,4-8H2,1-3H3,(H,18,24)(H,20,23). The lowest BCUT2D eigenvalue weighted by Gasteiger charge is -2.16. The number of nitrogens with one attached hydrogen (secondary N) is 2. The lowest BCUT2D eigenvalue weighted by Crippen LogP contribution is -2.28. The summed E-state index contributed by atoms with van der Waals surface area (Å²) >= 11 is 0. The molecule has 2 heterocycles. The molecule has 25 heavy (non-hydrogen) atoms. The van der Waals surface area contributed by atoms with Gasteiger partial charge in [0.2, 0.25) is 0 Å². The van der Waals surface area contributed by atoms with Gasteiger partial charge in [0.15, 0.2) is 5.69 Å². The Hall–Kier alpha value is -2.64. The summed E-state index contributed by atoms with van der Waals surface area (Å²) in [4.78, 5) is 24.9. The fourth-order valence-electron chi connectivity index (χ4n) is 3.06. The van der Waals surface area contributed by atoms with Gasteiger partial charge in [-0.3, -0.25) is 14.3 Å². The van der Waals surface area contributed by atoms with Crippen LogP contribution in [0.1, 0.15) is 59.0 Å². The van der Waals surface area contributed by atoms with Crippen molar-refractivity contribution in [1.82, 2.24) is 20.3 Å². The number of amides is 2. The van der Waals surface area contributed by atoms with Gasteiger partial charge in [-0.2, -0.15) is 5.10 Å².